The lowest BCUT2D eigenvalue weighted by Gasteiger charge is -2.09. The lowest BCUT2D eigenvalue weighted by Crippen LogP contribution is -2.11. The molecule has 0 heterocycles. The third kappa shape index (κ3) is 2.92. The van der Waals surface area contributed by atoms with E-state index in [1.807, 2.05) is 20.0 Å². The summed E-state index contributed by atoms with van der Waals surface area (Å²) in [4.78, 5) is 0. The fraction of sp³-hybridized carbons (Fsp3) is 0.455. The molecule has 0 fully saturated rings. The Hall–Kier alpha value is -1.22. The molecule has 1 rings (SSSR count). The van der Waals surface area contributed by atoms with Crippen LogP contribution < -0.4 is 10.1 Å². The van der Waals surface area contributed by atoms with Gasteiger partial charge >= 0.3 is 0 Å². The van der Waals surface area contributed by atoms with Crippen molar-refractivity contribution in [2.24, 2.45) is 0 Å². The smallest absolute Gasteiger partial charge is 0.125 e. The van der Waals surface area contributed by atoms with Crippen molar-refractivity contribution in [2.75, 3.05) is 20.2 Å². The topological polar surface area (TPSA) is 41.5 Å². The van der Waals surface area contributed by atoms with E-state index in [0.29, 0.717) is 6.61 Å². The van der Waals surface area contributed by atoms with E-state index < -0.39 is 0 Å². The zero-order valence-electron chi connectivity index (χ0n) is 8.71. The van der Waals surface area contributed by atoms with Gasteiger partial charge in [-0.05, 0) is 39.1 Å². The average Bonchev–Trinajstić information content (AvgIpc) is 2.19. The number of ether oxygens (including phenoxy) is 1. The fourth-order valence-electron chi connectivity index (χ4n) is 1.19. The molecule has 0 amide bonds. The Morgan fingerprint density at radius 3 is 2.93 bits per heavy atom. The van der Waals surface area contributed by atoms with Gasteiger partial charge in [0.15, 0.2) is 0 Å². The number of hydrogen-bond donors (Lipinski definition) is 2. The van der Waals surface area contributed by atoms with Crippen molar-refractivity contribution < 1.29 is 9.84 Å². The van der Waals surface area contributed by atoms with E-state index >= 15 is 0 Å². The van der Waals surface area contributed by atoms with Crippen molar-refractivity contribution in [3.05, 3.63) is 23.8 Å². The number of phenolic OH excluding ortho intramolecular Hbond substituents is 1. The van der Waals surface area contributed by atoms with Crippen molar-refractivity contribution in [2.45, 2.75) is 13.3 Å². The second-order valence-corrected chi connectivity index (χ2v) is 3.21. The molecule has 0 saturated carbocycles. The summed E-state index contributed by atoms with van der Waals surface area (Å²) < 4.78 is 5.52. The van der Waals surface area contributed by atoms with E-state index in [2.05, 4.69) is 5.32 Å². The Kier molecular flexibility index (Phi) is 4.26. The summed E-state index contributed by atoms with van der Waals surface area (Å²) in [5.74, 6) is 1.05. The van der Waals surface area contributed by atoms with E-state index in [9.17, 15) is 5.11 Å². The molecule has 0 unspecified atom stereocenters. The van der Waals surface area contributed by atoms with Gasteiger partial charge in [-0.3, -0.25) is 0 Å². The average molecular weight is 195 g/mol. The van der Waals surface area contributed by atoms with Crippen LogP contribution in [0, 0.1) is 6.92 Å². The van der Waals surface area contributed by atoms with Gasteiger partial charge in [0.25, 0.3) is 0 Å². The van der Waals surface area contributed by atoms with Crippen LogP contribution in [0.5, 0.6) is 11.5 Å². The van der Waals surface area contributed by atoms with Crippen LogP contribution in [0.2, 0.25) is 0 Å². The number of phenols is 1. The first kappa shape index (κ1) is 10.9. The molecule has 0 aliphatic rings. The van der Waals surface area contributed by atoms with Gasteiger partial charge in [0.05, 0.1) is 6.61 Å². The van der Waals surface area contributed by atoms with Crippen molar-refractivity contribution in [1.29, 1.82) is 0 Å². The van der Waals surface area contributed by atoms with Crippen LogP contribution in [-0.4, -0.2) is 25.3 Å². The van der Waals surface area contributed by atoms with Crippen LogP contribution in [0.15, 0.2) is 18.2 Å². The summed E-state index contributed by atoms with van der Waals surface area (Å²) in [6.45, 7) is 3.46. The molecule has 78 valence electrons. The van der Waals surface area contributed by atoms with E-state index in [-0.39, 0.29) is 5.75 Å². The minimum absolute atomic E-state index is 0.288. The number of benzene rings is 1. The standard InChI is InChI=1S/C11H17NO2/c1-9-10(13)5-3-6-11(9)14-8-4-7-12-2/h3,5-6,12-13H,4,7-8H2,1-2H3. The Bertz CT molecular complexity index is 287. The van der Waals surface area contributed by atoms with Crippen LogP contribution in [0.25, 0.3) is 0 Å². The molecule has 0 saturated heterocycles. The first-order valence-electron chi connectivity index (χ1n) is 4.81. The van der Waals surface area contributed by atoms with Gasteiger partial charge in [0.1, 0.15) is 11.5 Å². The van der Waals surface area contributed by atoms with Gasteiger partial charge < -0.3 is 15.2 Å². The van der Waals surface area contributed by atoms with Gasteiger partial charge in [0.2, 0.25) is 0 Å². The molecule has 0 bridgehead atoms. The van der Waals surface area contributed by atoms with Crippen molar-refractivity contribution in [1.82, 2.24) is 5.32 Å². The van der Waals surface area contributed by atoms with Crippen molar-refractivity contribution >= 4 is 0 Å². The maximum absolute atomic E-state index is 9.41. The maximum Gasteiger partial charge on any atom is 0.125 e. The molecule has 3 nitrogen and oxygen atoms in total. The first-order valence-corrected chi connectivity index (χ1v) is 4.81. The SMILES string of the molecule is CNCCCOc1cccc(O)c1C. The Morgan fingerprint density at radius 1 is 1.43 bits per heavy atom. The Labute approximate surface area is 84.7 Å². The summed E-state index contributed by atoms with van der Waals surface area (Å²) >= 11 is 0. The predicted molar refractivity (Wildman–Crippen MR) is 56.9 cm³/mol. The van der Waals surface area contributed by atoms with Crippen LogP contribution in [0.3, 0.4) is 0 Å². The molecule has 1 aromatic rings. The molecule has 0 aromatic heterocycles. The largest absolute Gasteiger partial charge is 0.508 e. The predicted octanol–water partition coefficient (Wildman–Crippen LogP) is 1.69. The number of hydrogen-bond acceptors (Lipinski definition) is 3. The van der Waals surface area contributed by atoms with Gasteiger partial charge in [-0.25, -0.2) is 0 Å². The highest BCUT2D eigenvalue weighted by Gasteiger charge is 2.02. The van der Waals surface area contributed by atoms with Crippen LogP contribution >= 0.6 is 0 Å². The quantitative estimate of drug-likeness (QED) is 0.702. The summed E-state index contributed by atoms with van der Waals surface area (Å²) in [6, 6.07) is 5.32. The molecule has 3 heteroatoms. The normalized spacial score (nSPS) is 10.1. The second kappa shape index (κ2) is 5.50. The zero-order chi connectivity index (χ0) is 10.4. The van der Waals surface area contributed by atoms with Gasteiger partial charge in [0, 0.05) is 5.56 Å². The zero-order valence-corrected chi connectivity index (χ0v) is 8.71. The molecule has 1 aromatic carbocycles. The molecule has 0 aliphatic carbocycles. The van der Waals surface area contributed by atoms with Gasteiger partial charge in [-0.15, -0.1) is 0 Å². The summed E-state index contributed by atoms with van der Waals surface area (Å²) in [5, 5.41) is 12.5. The number of aromatic hydroxyl groups is 1. The maximum atomic E-state index is 9.41. The third-order valence-corrected chi connectivity index (χ3v) is 2.08. The van der Waals surface area contributed by atoms with E-state index in [0.717, 1.165) is 24.3 Å². The molecule has 14 heavy (non-hydrogen) atoms. The fourth-order valence-corrected chi connectivity index (χ4v) is 1.19. The van der Waals surface area contributed by atoms with Crippen molar-refractivity contribution in [3.63, 3.8) is 0 Å². The van der Waals surface area contributed by atoms with Crippen LogP contribution in [-0.2, 0) is 0 Å². The van der Waals surface area contributed by atoms with E-state index in [1.54, 1.807) is 12.1 Å². The Balaban J connectivity index is 2.46. The van der Waals surface area contributed by atoms with Gasteiger partial charge in [-0.2, -0.15) is 0 Å². The monoisotopic (exact) mass is 195 g/mol. The molecular weight excluding hydrogens is 178 g/mol. The molecule has 2 N–H and O–H groups in total. The Morgan fingerprint density at radius 2 is 2.21 bits per heavy atom. The van der Waals surface area contributed by atoms with E-state index in [1.165, 1.54) is 0 Å². The molecular formula is C11H17NO2. The summed E-state index contributed by atoms with van der Waals surface area (Å²) in [5.41, 5.74) is 0.803. The second-order valence-electron chi connectivity index (χ2n) is 3.21. The minimum Gasteiger partial charge on any atom is -0.508 e. The highest BCUT2D eigenvalue weighted by atomic mass is 16.5. The highest BCUT2D eigenvalue weighted by molar-refractivity contribution is 5.42. The molecule has 0 radical (unpaired) electrons. The van der Waals surface area contributed by atoms with E-state index in [4.69, 9.17) is 4.74 Å². The lowest BCUT2D eigenvalue weighted by molar-refractivity contribution is 0.305. The molecule has 0 spiro atoms. The number of rotatable bonds is 5. The lowest BCUT2D eigenvalue weighted by atomic mass is 10.2. The summed E-state index contributed by atoms with van der Waals surface area (Å²) in [7, 11) is 1.92. The summed E-state index contributed by atoms with van der Waals surface area (Å²) in [6.07, 6.45) is 0.964. The number of nitrogens with one attached hydrogen (secondary N) is 1. The van der Waals surface area contributed by atoms with Crippen molar-refractivity contribution in [3.8, 4) is 11.5 Å². The minimum atomic E-state index is 0.288. The first-order chi connectivity index (χ1) is 6.75. The molecule has 0 aliphatic heterocycles. The molecule has 0 atom stereocenters. The van der Waals surface area contributed by atoms with Gasteiger partial charge in [-0.1, -0.05) is 6.07 Å². The van der Waals surface area contributed by atoms with Crippen LogP contribution in [0.4, 0.5) is 0 Å². The van der Waals surface area contributed by atoms with Crippen LogP contribution in [0.1, 0.15) is 12.0 Å². The highest BCUT2D eigenvalue weighted by Crippen LogP contribution is 2.25. The third-order valence-electron chi connectivity index (χ3n) is 2.08.